The highest BCUT2D eigenvalue weighted by atomic mass is 35.5. The smallest absolute Gasteiger partial charge is 0.244 e. The van der Waals surface area contributed by atoms with Crippen molar-refractivity contribution in [3.8, 4) is 0 Å². The van der Waals surface area contributed by atoms with Crippen molar-refractivity contribution < 1.29 is 9.90 Å². The summed E-state index contributed by atoms with van der Waals surface area (Å²) in [6.07, 6.45) is -0.378. The summed E-state index contributed by atoms with van der Waals surface area (Å²) in [6.45, 7) is 0.804. The molecule has 1 amide bonds. The predicted octanol–water partition coefficient (Wildman–Crippen LogP) is 0.311. The maximum absolute atomic E-state index is 11.8. The monoisotopic (exact) mass is 242 g/mol. The Labute approximate surface area is 100 Å². The Bertz CT molecular complexity index is 352. The Morgan fingerprint density at radius 2 is 1.94 bits per heavy atom. The van der Waals surface area contributed by atoms with Gasteiger partial charge in [-0.25, -0.2) is 0 Å². The van der Waals surface area contributed by atoms with Crippen LogP contribution in [0.25, 0.3) is 0 Å². The highest BCUT2D eigenvalue weighted by Crippen LogP contribution is 2.17. The summed E-state index contributed by atoms with van der Waals surface area (Å²) in [5.41, 5.74) is 6.63. The summed E-state index contributed by atoms with van der Waals surface area (Å²) >= 11 is 0. The van der Waals surface area contributed by atoms with Gasteiger partial charge in [-0.05, 0) is 5.56 Å². The summed E-state index contributed by atoms with van der Waals surface area (Å²) in [5, 5.41) is 9.08. The fraction of sp³-hybridized carbons (Fsp3) is 0.364. The predicted molar refractivity (Wildman–Crippen MR) is 63.2 cm³/mol. The molecule has 1 atom stereocenters. The first-order chi connectivity index (χ1) is 7.18. The number of halogens is 1. The zero-order valence-electron chi connectivity index (χ0n) is 8.74. The van der Waals surface area contributed by atoms with Crippen molar-refractivity contribution in [3.05, 3.63) is 35.9 Å². The molecular formula is C11H15ClN2O2. The van der Waals surface area contributed by atoms with E-state index < -0.39 is 6.04 Å². The van der Waals surface area contributed by atoms with Crippen molar-refractivity contribution in [2.45, 2.75) is 12.1 Å². The number of β-amino-alcohol motifs (C(OH)–C–C–N with tert-alkyl or cyclic N) is 1. The molecule has 0 radical (unpaired) electrons. The maximum atomic E-state index is 11.8. The minimum Gasteiger partial charge on any atom is -0.389 e. The molecule has 88 valence electrons. The fourth-order valence-corrected chi connectivity index (χ4v) is 1.63. The third-order valence-electron chi connectivity index (χ3n) is 2.60. The Balaban J connectivity index is 0.00000128. The van der Waals surface area contributed by atoms with Crippen LogP contribution in [0.3, 0.4) is 0 Å². The van der Waals surface area contributed by atoms with Crippen molar-refractivity contribution in [2.24, 2.45) is 5.73 Å². The molecule has 1 fully saturated rings. The average Bonchev–Trinajstić information content (AvgIpc) is 2.24. The molecule has 0 saturated carbocycles. The van der Waals surface area contributed by atoms with E-state index in [0.717, 1.165) is 5.56 Å². The van der Waals surface area contributed by atoms with Gasteiger partial charge in [0.25, 0.3) is 0 Å². The van der Waals surface area contributed by atoms with E-state index in [9.17, 15) is 4.79 Å². The van der Waals surface area contributed by atoms with Gasteiger partial charge in [0.05, 0.1) is 6.10 Å². The fourth-order valence-electron chi connectivity index (χ4n) is 1.63. The second-order valence-corrected chi connectivity index (χ2v) is 3.79. The average molecular weight is 243 g/mol. The van der Waals surface area contributed by atoms with E-state index in [0.29, 0.717) is 13.1 Å². The number of carbonyl (C=O) groups is 1. The zero-order chi connectivity index (χ0) is 10.8. The van der Waals surface area contributed by atoms with Gasteiger partial charge in [-0.2, -0.15) is 0 Å². The number of nitrogens with zero attached hydrogens (tertiary/aromatic N) is 1. The third-order valence-corrected chi connectivity index (χ3v) is 2.60. The van der Waals surface area contributed by atoms with E-state index in [1.165, 1.54) is 0 Å². The van der Waals surface area contributed by atoms with E-state index >= 15 is 0 Å². The van der Waals surface area contributed by atoms with Gasteiger partial charge in [-0.1, -0.05) is 30.3 Å². The minimum atomic E-state index is -0.612. The van der Waals surface area contributed by atoms with E-state index in [1.54, 1.807) is 4.90 Å². The van der Waals surface area contributed by atoms with Gasteiger partial charge in [0.1, 0.15) is 6.04 Å². The summed E-state index contributed by atoms with van der Waals surface area (Å²) < 4.78 is 0. The number of likely N-dealkylation sites (tertiary alicyclic amines) is 1. The van der Waals surface area contributed by atoms with E-state index in [2.05, 4.69) is 0 Å². The van der Waals surface area contributed by atoms with Gasteiger partial charge in [0.2, 0.25) is 5.91 Å². The van der Waals surface area contributed by atoms with Crippen LogP contribution in [0, 0.1) is 0 Å². The van der Waals surface area contributed by atoms with Crippen LogP contribution in [0.5, 0.6) is 0 Å². The number of hydrogen-bond donors (Lipinski definition) is 2. The highest BCUT2D eigenvalue weighted by molar-refractivity contribution is 5.85. The first-order valence-corrected chi connectivity index (χ1v) is 4.96. The number of amides is 1. The first kappa shape index (κ1) is 13.0. The van der Waals surface area contributed by atoms with E-state index in [-0.39, 0.29) is 24.4 Å². The van der Waals surface area contributed by atoms with Crippen LogP contribution in [0.2, 0.25) is 0 Å². The Morgan fingerprint density at radius 3 is 2.44 bits per heavy atom. The van der Waals surface area contributed by atoms with Crippen molar-refractivity contribution >= 4 is 18.3 Å². The van der Waals surface area contributed by atoms with Crippen molar-refractivity contribution in [3.63, 3.8) is 0 Å². The minimum absolute atomic E-state index is 0. The number of aliphatic hydroxyl groups is 1. The van der Waals surface area contributed by atoms with Crippen LogP contribution in [0.15, 0.2) is 30.3 Å². The number of aliphatic hydroxyl groups excluding tert-OH is 1. The number of benzene rings is 1. The molecule has 1 heterocycles. The topological polar surface area (TPSA) is 66.6 Å². The van der Waals surface area contributed by atoms with Crippen molar-refractivity contribution in [1.82, 2.24) is 4.90 Å². The largest absolute Gasteiger partial charge is 0.389 e. The third kappa shape index (κ3) is 2.52. The molecule has 5 heteroatoms. The first-order valence-electron chi connectivity index (χ1n) is 4.96. The molecule has 1 aromatic carbocycles. The molecule has 1 aliphatic heterocycles. The lowest BCUT2D eigenvalue weighted by atomic mass is 10.0. The summed E-state index contributed by atoms with van der Waals surface area (Å²) in [4.78, 5) is 13.3. The van der Waals surface area contributed by atoms with E-state index in [1.807, 2.05) is 30.3 Å². The summed E-state index contributed by atoms with van der Waals surface area (Å²) in [6, 6.07) is 8.64. The van der Waals surface area contributed by atoms with Crippen LogP contribution in [-0.4, -0.2) is 35.1 Å². The van der Waals surface area contributed by atoms with Gasteiger partial charge in [-0.3, -0.25) is 4.79 Å². The van der Waals surface area contributed by atoms with Gasteiger partial charge >= 0.3 is 0 Å². The molecule has 0 bridgehead atoms. The van der Waals surface area contributed by atoms with Gasteiger partial charge in [0, 0.05) is 13.1 Å². The van der Waals surface area contributed by atoms with Crippen LogP contribution >= 0.6 is 12.4 Å². The standard InChI is InChI=1S/C11H14N2O2.ClH/c12-10(8-4-2-1-3-5-8)11(15)13-6-9(14)7-13;/h1-5,9-10,14H,6-7,12H2;1H. The molecule has 0 aliphatic carbocycles. The van der Waals surface area contributed by atoms with E-state index in [4.69, 9.17) is 10.8 Å². The van der Waals surface area contributed by atoms with Crippen LogP contribution < -0.4 is 5.73 Å². The van der Waals surface area contributed by atoms with Crippen LogP contribution in [0.1, 0.15) is 11.6 Å². The zero-order valence-corrected chi connectivity index (χ0v) is 9.56. The summed E-state index contributed by atoms with van der Waals surface area (Å²) in [5.74, 6) is -0.119. The normalized spacial score (nSPS) is 17.2. The molecule has 1 saturated heterocycles. The van der Waals surface area contributed by atoms with Gasteiger partial charge in [0.15, 0.2) is 0 Å². The molecule has 16 heavy (non-hydrogen) atoms. The van der Waals surface area contributed by atoms with Gasteiger partial charge in [-0.15, -0.1) is 12.4 Å². The molecule has 0 spiro atoms. The molecule has 4 nitrogen and oxygen atoms in total. The quantitative estimate of drug-likeness (QED) is 0.785. The van der Waals surface area contributed by atoms with Crippen LogP contribution in [-0.2, 0) is 4.79 Å². The highest BCUT2D eigenvalue weighted by Gasteiger charge is 2.32. The Morgan fingerprint density at radius 1 is 1.38 bits per heavy atom. The molecule has 1 aliphatic rings. The second kappa shape index (κ2) is 5.30. The maximum Gasteiger partial charge on any atom is 0.244 e. The number of rotatable bonds is 2. The number of hydrogen-bond acceptors (Lipinski definition) is 3. The Kier molecular flexibility index (Phi) is 4.29. The molecule has 1 unspecified atom stereocenters. The Hall–Kier alpha value is -1.10. The number of nitrogens with two attached hydrogens (primary N) is 1. The van der Waals surface area contributed by atoms with Crippen LogP contribution in [0.4, 0.5) is 0 Å². The lowest BCUT2D eigenvalue weighted by Crippen LogP contribution is -2.55. The second-order valence-electron chi connectivity index (χ2n) is 3.79. The van der Waals surface area contributed by atoms with Crippen molar-refractivity contribution in [2.75, 3.05) is 13.1 Å². The van der Waals surface area contributed by atoms with Crippen molar-refractivity contribution in [1.29, 1.82) is 0 Å². The molecular weight excluding hydrogens is 228 g/mol. The lowest BCUT2D eigenvalue weighted by Gasteiger charge is -2.37. The molecule has 1 aromatic rings. The van der Waals surface area contributed by atoms with Gasteiger partial charge < -0.3 is 15.7 Å². The molecule has 2 rings (SSSR count). The molecule has 3 N–H and O–H groups in total. The SMILES string of the molecule is Cl.NC(C(=O)N1CC(O)C1)c1ccccc1. The number of carbonyl (C=O) groups excluding carboxylic acids is 1. The lowest BCUT2D eigenvalue weighted by molar-refractivity contribution is -0.142. The summed E-state index contributed by atoms with van der Waals surface area (Å²) in [7, 11) is 0. The molecule has 0 aromatic heterocycles.